The lowest BCUT2D eigenvalue weighted by Crippen LogP contribution is -2.42. The molecular weight excluding hydrogens is 272 g/mol. The summed E-state index contributed by atoms with van der Waals surface area (Å²) >= 11 is 0. The van der Waals surface area contributed by atoms with Crippen LogP contribution in [0.4, 0.5) is 4.79 Å². The number of nitrogens with zero attached hydrogens (tertiary/aromatic N) is 1. The summed E-state index contributed by atoms with van der Waals surface area (Å²) in [5.41, 5.74) is -0.773. The highest BCUT2D eigenvalue weighted by molar-refractivity contribution is 5.79. The maximum atomic E-state index is 12.0. The molecular formula is C15H28N2O4. The molecule has 2 N–H and O–H groups in total. The fourth-order valence-electron chi connectivity index (χ4n) is 2.42. The third-order valence-electron chi connectivity index (χ3n) is 4.13. The van der Waals surface area contributed by atoms with Gasteiger partial charge in [0.1, 0.15) is 0 Å². The zero-order valence-corrected chi connectivity index (χ0v) is 13.4. The quantitative estimate of drug-likeness (QED) is 0.672. The van der Waals surface area contributed by atoms with E-state index >= 15 is 0 Å². The first-order chi connectivity index (χ1) is 9.91. The molecule has 0 aromatic carbocycles. The number of carboxylic acids is 1. The summed E-state index contributed by atoms with van der Waals surface area (Å²) in [4.78, 5) is 24.9. The van der Waals surface area contributed by atoms with Gasteiger partial charge in [-0.15, -0.1) is 0 Å². The van der Waals surface area contributed by atoms with Crippen LogP contribution < -0.4 is 5.32 Å². The molecule has 21 heavy (non-hydrogen) atoms. The first kappa shape index (κ1) is 17.8. The Morgan fingerprint density at radius 1 is 1.38 bits per heavy atom. The third-order valence-corrected chi connectivity index (χ3v) is 4.13. The second-order valence-corrected chi connectivity index (χ2v) is 6.14. The Balaban J connectivity index is 2.23. The van der Waals surface area contributed by atoms with Crippen LogP contribution in [-0.2, 0) is 9.53 Å². The van der Waals surface area contributed by atoms with E-state index in [0.717, 1.165) is 6.42 Å². The second-order valence-electron chi connectivity index (χ2n) is 6.14. The number of nitrogens with one attached hydrogen (secondary N) is 1. The van der Waals surface area contributed by atoms with E-state index in [-0.39, 0.29) is 6.03 Å². The predicted molar refractivity (Wildman–Crippen MR) is 80.2 cm³/mol. The number of aliphatic carboxylic acids is 1. The van der Waals surface area contributed by atoms with E-state index in [2.05, 4.69) is 19.2 Å². The Morgan fingerprint density at radius 2 is 2.10 bits per heavy atom. The minimum absolute atomic E-state index is 0.195. The SMILES string of the molecule is CCC1(C(=O)O)CCN(C(=O)NCCOCCC(C)C)C1. The third kappa shape index (κ3) is 5.19. The Bertz CT molecular complexity index is 360. The number of amides is 2. The van der Waals surface area contributed by atoms with Crippen molar-refractivity contribution in [2.75, 3.05) is 32.8 Å². The fourth-order valence-corrected chi connectivity index (χ4v) is 2.42. The molecule has 0 bridgehead atoms. The van der Waals surface area contributed by atoms with Crippen LogP contribution >= 0.6 is 0 Å². The largest absolute Gasteiger partial charge is 0.481 e. The van der Waals surface area contributed by atoms with Crippen LogP contribution in [-0.4, -0.2) is 54.9 Å². The van der Waals surface area contributed by atoms with E-state index in [1.165, 1.54) is 0 Å². The van der Waals surface area contributed by atoms with Crippen LogP contribution in [0.1, 0.15) is 40.0 Å². The summed E-state index contributed by atoms with van der Waals surface area (Å²) < 4.78 is 5.43. The molecule has 1 aliphatic rings. The van der Waals surface area contributed by atoms with Crippen molar-refractivity contribution >= 4 is 12.0 Å². The molecule has 0 saturated carbocycles. The van der Waals surface area contributed by atoms with Crippen molar-refractivity contribution in [1.29, 1.82) is 0 Å². The Hall–Kier alpha value is -1.30. The van der Waals surface area contributed by atoms with Crippen molar-refractivity contribution < 1.29 is 19.4 Å². The summed E-state index contributed by atoms with van der Waals surface area (Å²) in [6.45, 7) is 8.58. The summed E-state index contributed by atoms with van der Waals surface area (Å²) in [5, 5.41) is 12.1. The maximum absolute atomic E-state index is 12.0. The Kier molecular flexibility index (Phi) is 6.95. The molecule has 1 heterocycles. The van der Waals surface area contributed by atoms with Crippen molar-refractivity contribution in [3.05, 3.63) is 0 Å². The molecule has 2 amide bonds. The van der Waals surface area contributed by atoms with Crippen LogP contribution in [0.5, 0.6) is 0 Å². The summed E-state index contributed by atoms with van der Waals surface area (Å²) in [6.07, 6.45) is 2.08. The van der Waals surface area contributed by atoms with Gasteiger partial charge in [0.25, 0.3) is 0 Å². The lowest BCUT2D eigenvalue weighted by molar-refractivity contribution is -0.148. The van der Waals surface area contributed by atoms with Gasteiger partial charge in [0.05, 0.1) is 12.0 Å². The van der Waals surface area contributed by atoms with Crippen molar-refractivity contribution in [1.82, 2.24) is 10.2 Å². The van der Waals surface area contributed by atoms with E-state index in [4.69, 9.17) is 4.74 Å². The van der Waals surface area contributed by atoms with Gasteiger partial charge in [-0.05, 0) is 25.2 Å². The van der Waals surface area contributed by atoms with E-state index in [1.807, 2.05) is 6.92 Å². The lowest BCUT2D eigenvalue weighted by Gasteiger charge is -2.23. The van der Waals surface area contributed by atoms with Crippen LogP contribution in [0.3, 0.4) is 0 Å². The molecule has 1 aliphatic heterocycles. The number of hydrogen-bond acceptors (Lipinski definition) is 3. The highest BCUT2D eigenvalue weighted by atomic mass is 16.5. The van der Waals surface area contributed by atoms with Gasteiger partial charge >= 0.3 is 12.0 Å². The van der Waals surface area contributed by atoms with E-state index in [0.29, 0.717) is 51.6 Å². The van der Waals surface area contributed by atoms with Gasteiger partial charge in [-0.3, -0.25) is 4.79 Å². The number of urea groups is 1. The molecule has 0 spiro atoms. The molecule has 0 aliphatic carbocycles. The van der Waals surface area contributed by atoms with Crippen LogP contribution in [0.25, 0.3) is 0 Å². The van der Waals surface area contributed by atoms with Gasteiger partial charge in [0.2, 0.25) is 0 Å². The average Bonchev–Trinajstić information content (AvgIpc) is 2.88. The molecule has 1 rings (SSSR count). The Morgan fingerprint density at radius 3 is 2.62 bits per heavy atom. The monoisotopic (exact) mass is 300 g/mol. The zero-order chi connectivity index (χ0) is 15.9. The molecule has 0 radical (unpaired) electrons. The van der Waals surface area contributed by atoms with Crippen molar-refractivity contribution in [3.8, 4) is 0 Å². The molecule has 0 aromatic rings. The highest BCUT2D eigenvalue weighted by Gasteiger charge is 2.44. The van der Waals surface area contributed by atoms with Crippen LogP contribution in [0.15, 0.2) is 0 Å². The first-order valence-corrected chi connectivity index (χ1v) is 7.75. The van der Waals surface area contributed by atoms with E-state index < -0.39 is 11.4 Å². The van der Waals surface area contributed by atoms with Gasteiger partial charge < -0.3 is 20.1 Å². The van der Waals surface area contributed by atoms with Crippen molar-refractivity contribution in [2.24, 2.45) is 11.3 Å². The predicted octanol–water partition coefficient (Wildman–Crippen LogP) is 1.95. The van der Waals surface area contributed by atoms with Crippen molar-refractivity contribution in [3.63, 3.8) is 0 Å². The first-order valence-electron chi connectivity index (χ1n) is 7.75. The number of carbonyl (C=O) groups excluding carboxylic acids is 1. The molecule has 0 aromatic heterocycles. The number of carboxylic acid groups (broad SMARTS) is 1. The van der Waals surface area contributed by atoms with Gasteiger partial charge in [0, 0.05) is 26.2 Å². The maximum Gasteiger partial charge on any atom is 0.317 e. The van der Waals surface area contributed by atoms with Crippen molar-refractivity contribution in [2.45, 2.75) is 40.0 Å². The van der Waals surface area contributed by atoms with E-state index in [9.17, 15) is 14.7 Å². The lowest BCUT2D eigenvalue weighted by atomic mass is 9.84. The smallest absolute Gasteiger partial charge is 0.317 e. The molecule has 1 atom stereocenters. The number of ether oxygens (including phenoxy) is 1. The highest BCUT2D eigenvalue weighted by Crippen LogP contribution is 2.34. The number of rotatable bonds is 8. The minimum atomic E-state index is -0.808. The minimum Gasteiger partial charge on any atom is -0.481 e. The molecule has 1 unspecified atom stereocenters. The van der Waals surface area contributed by atoms with Gasteiger partial charge in [-0.2, -0.15) is 0 Å². The summed E-state index contributed by atoms with van der Waals surface area (Å²) in [7, 11) is 0. The second kappa shape index (κ2) is 8.22. The number of hydrogen-bond donors (Lipinski definition) is 2. The molecule has 6 nitrogen and oxygen atoms in total. The molecule has 6 heteroatoms. The fraction of sp³-hybridized carbons (Fsp3) is 0.867. The topological polar surface area (TPSA) is 78.9 Å². The van der Waals surface area contributed by atoms with Gasteiger partial charge in [-0.25, -0.2) is 4.79 Å². The van der Waals surface area contributed by atoms with Crippen LogP contribution in [0.2, 0.25) is 0 Å². The Labute approximate surface area is 126 Å². The number of carbonyl (C=O) groups is 2. The average molecular weight is 300 g/mol. The molecule has 1 fully saturated rings. The van der Waals surface area contributed by atoms with Gasteiger partial charge in [-0.1, -0.05) is 20.8 Å². The summed E-state index contributed by atoms with van der Waals surface area (Å²) in [5.74, 6) is -0.195. The zero-order valence-electron chi connectivity index (χ0n) is 13.4. The molecule has 122 valence electrons. The van der Waals surface area contributed by atoms with Gasteiger partial charge in [0.15, 0.2) is 0 Å². The molecule has 1 saturated heterocycles. The van der Waals surface area contributed by atoms with Crippen LogP contribution in [0, 0.1) is 11.3 Å². The normalized spacial score (nSPS) is 21.8. The summed E-state index contributed by atoms with van der Waals surface area (Å²) in [6, 6.07) is -0.195. The standard InChI is InChI=1S/C15H28N2O4/c1-4-15(13(18)19)6-8-17(11-15)14(20)16-7-10-21-9-5-12(2)3/h12H,4-11H2,1-3H3,(H,16,20)(H,18,19). The number of likely N-dealkylation sites (tertiary alicyclic amines) is 1. The van der Waals surface area contributed by atoms with E-state index in [1.54, 1.807) is 4.90 Å².